The molecular weight excluding hydrogens is 736 g/mol. The predicted molar refractivity (Wildman–Crippen MR) is 209 cm³/mol. The van der Waals surface area contributed by atoms with Gasteiger partial charge in [-0.1, -0.05) is 67.5 Å². The Kier molecular flexibility index (Phi) is 16.5. The second kappa shape index (κ2) is 20.3. The van der Waals surface area contributed by atoms with Gasteiger partial charge in [0.05, 0.1) is 5.92 Å². The maximum atomic E-state index is 13.6. The molecule has 4 atom stereocenters. The number of carbonyl (C=O) groups is 9. The van der Waals surface area contributed by atoms with E-state index in [1.54, 1.807) is 45.0 Å². The Bertz CT molecular complexity index is 1680. The molecule has 0 aromatic heterocycles. The van der Waals surface area contributed by atoms with E-state index in [0.29, 0.717) is 5.69 Å². The van der Waals surface area contributed by atoms with Gasteiger partial charge in [-0.2, -0.15) is 0 Å². The molecule has 2 aliphatic heterocycles. The Hall–Kier alpha value is -5.15. The molecule has 2 aliphatic rings. The van der Waals surface area contributed by atoms with Crippen molar-refractivity contribution in [2.24, 2.45) is 29.1 Å². The molecule has 1 aromatic rings. The fraction of sp³-hybridized carbons (Fsp3) is 0.634. The van der Waals surface area contributed by atoms with Crippen LogP contribution in [0.4, 0.5) is 5.69 Å². The van der Waals surface area contributed by atoms with Gasteiger partial charge in [-0.3, -0.25) is 53.0 Å². The Morgan fingerprint density at radius 2 is 1.39 bits per heavy atom. The Labute approximate surface area is 335 Å². The number of carbonyl (C=O) groups excluding carboxylic acids is 9. The van der Waals surface area contributed by atoms with Crippen LogP contribution in [0.15, 0.2) is 24.3 Å². The Morgan fingerprint density at radius 1 is 0.807 bits per heavy atom. The van der Waals surface area contributed by atoms with E-state index >= 15 is 0 Å². The molecule has 16 heteroatoms. The van der Waals surface area contributed by atoms with Crippen LogP contribution in [-0.2, 0) is 54.5 Å². The van der Waals surface area contributed by atoms with Crippen LogP contribution < -0.4 is 16.0 Å². The van der Waals surface area contributed by atoms with Crippen molar-refractivity contribution in [2.75, 3.05) is 31.5 Å². The second-order valence-corrected chi connectivity index (χ2v) is 16.5. The first-order chi connectivity index (χ1) is 26.6. The van der Waals surface area contributed by atoms with Crippen LogP contribution in [0, 0.1) is 29.1 Å². The third-order valence-electron chi connectivity index (χ3n) is 10.4. The van der Waals surface area contributed by atoms with Crippen molar-refractivity contribution in [1.29, 1.82) is 0 Å². The van der Waals surface area contributed by atoms with Gasteiger partial charge >= 0.3 is 5.97 Å². The molecule has 0 spiro atoms. The Balaban J connectivity index is 1.60. The molecule has 16 nitrogen and oxygen atoms in total. The number of rotatable bonds is 19. The summed E-state index contributed by atoms with van der Waals surface area (Å²) in [7, 11) is 0. The van der Waals surface area contributed by atoms with Crippen LogP contribution in [0.5, 0.6) is 0 Å². The number of benzene rings is 1. The third-order valence-corrected chi connectivity index (χ3v) is 10.4. The maximum Gasteiger partial charge on any atom is 0.305 e. The van der Waals surface area contributed by atoms with Gasteiger partial charge in [0.15, 0.2) is 0 Å². The lowest BCUT2D eigenvalue weighted by atomic mass is 9.80. The van der Waals surface area contributed by atoms with Gasteiger partial charge in [0.25, 0.3) is 0 Å². The molecule has 3 N–H and O–H groups in total. The molecule has 3 rings (SSSR count). The van der Waals surface area contributed by atoms with E-state index in [1.807, 2.05) is 34.6 Å². The van der Waals surface area contributed by atoms with E-state index in [2.05, 4.69) is 16.0 Å². The molecule has 0 saturated carbocycles. The minimum Gasteiger partial charge on any atom is -0.461 e. The van der Waals surface area contributed by atoms with E-state index < -0.39 is 53.0 Å². The number of nitrogens with zero attached hydrogens (tertiary/aromatic N) is 3. The van der Waals surface area contributed by atoms with Gasteiger partial charge < -0.3 is 25.6 Å². The molecule has 0 aliphatic carbocycles. The predicted octanol–water partition coefficient (Wildman–Crippen LogP) is 2.78. The zero-order chi connectivity index (χ0) is 42.8. The highest BCUT2D eigenvalue weighted by atomic mass is 16.5. The summed E-state index contributed by atoms with van der Waals surface area (Å²) in [6, 6.07) is 4.67. The number of hydrogen-bond donors (Lipinski definition) is 3. The molecule has 314 valence electrons. The fourth-order valence-corrected chi connectivity index (χ4v) is 6.59. The smallest absolute Gasteiger partial charge is 0.305 e. The highest BCUT2D eigenvalue weighted by Gasteiger charge is 2.45. The minimum absolute atomic E-state index is 0.0440. The molecule has 57 heavy (non-hydrogen) atoms. The number of imide groups is 2. The monoisotopic (exact) mass is 796 g/mol. The van der Waals surface area contributed by atoms with Crippen LogP contribution in [0.3, 0.4) is 0 Å². The normalized spacial score (nSPS) is 18.2. The first kappa shape index (κ1) is 46.2. The summed E-state index contributed by atoms with van der Waals surface area (Å²) in [4.78, 5) is 120. The van der Waals surface area contributed by atoms with Gasteiger partial charge in [0.2, 0.25) is 47.3 Å². The third kappa shape index (κ3) is 12.9. The molecule has 0 bridgehead atoms. The van der Waals surface area contributed by atoms with E-state index in [-0.39, 0.29) is 106 Å². The Morgan fingerprint density at radius 3 is 1.89 bits per heavy atom. The van der Waals surface area contributed by atoms with Crippen LogP contribution in [-0.4, -0.2) is 106 Å². The number of esters is 1. The molecule has 2 unspecified atom stereocenters. The van der Waals surface area contributed by atoms with Crippen LogP contribution >= 0.6 is 0 Å². The summed E-state index contributed by atoms with van der Waals surface area (Å²) in [5.74, 6) is -5.23. The number of hydrogen-bond acceptors (Lipinski definition) is 10. The highest BCUT2D eigenvalue weighted by Crippen LogP contribution is 2.35. The summed E-state index contributed by atoms with van der Waals surface area (Å²) in [5.41, 5.74) is 0.760. The molecule has 2 saturated heterocycles. The summed E-state index contributed by atoms with van der Waals surface area (Å²) in [6.07, 6.45) is -0.192. The number of anilines is 1. The van der Waals surface area contributed by atoms with Gasteiger partial charge in [-0.25, -0.2) is 0 Å². The standard InChI is InChI=1S/C41H60N6O10/c1-10-35(52)57-23-27-11-13-28(14-12-27)43-37(53)26(6)42-38(54)36(25(4)5)44-31(48)15-16-32(49)45(17-19-46-33(50)21-29(24(2)3)39(46)55)18-20-47-34(51)22-30(40(47)56)41(7,8)9/h11-14,24-26,29-30,36H,10,15-23H2,1-9H3,(H,42,54)(H,43,53)(H,44,48)/t26-,29?,30?,36-/m0/s1. The summed E-state index contributed by atoms with van der Waals surface area (Å²) < 4.78 is 5.11. The van der Waals surface area contributed by atoms with Crippen LogP contribution in [0.1, 0.15) is 100.0 Å². The molecule has 0 radical (unpaired) electrons. The van der Waals surface area contributed by atoms with Crippen LogP contribution in [0.25, 0.3) is 0 Å². The molecule has 8 amide bonds. The lowest BCUT2D eigenvalue weighted by Gasteiger charge is -2.28. The van der Waals surface area contributed by atoms with Gasteiger partial charge in [-0.15, -0.1) is 0 Å². The molecule has 2 fully saturated rings. The molecule has 1 aromatic carbocycles. The average molecular weight is 797 g/mol. The summed E-state index contributed by atoms with van der Waals surface area (Å²) in [6.45, 7) is 15.8. The second-order valence-electron chi connectivity index (χ2n) is 16.5. The van der Waals surface area contributed by atoms with E-state index in [1.165, 1.54) is 11.8 Å². The van der Waals surface area contributed by atoms with Crippen molar-refractivity contribution in [3.05, 3.63) is 29.8 Å². The number of amides is 8. The number of likely N-dealkylation sites (tertiary alicyclic amines) is 2. The molecular formula is C41H60N6O10. The van der Waals surface area contributed by atoms with Gasteiger partial charge in [-0.05, 0) is 41.9 Å². The van der Waals surface area contributed by atoms with Crippen molar-refractivity contribution >= 4 is 58.9 Å². The fourth-order valence-electron chi connectivity index (χ4n) is 6.59. The SMILES string of the molecule is CCC(=O)OCc1ccc(NC(=O)[C@H](C)NC(=O)[C@@H](NC(=O)CCC(=O)N(CCN2C(=O)CC(C(C)C)C2=O)CCN2C(=O)CC(C(C)(C)C)C2=O)C(C)C)cc1. The zero-order valence-electron chi connectivity index (χ0n) is 34.8. The maximum absolute atomic E-state index is 13.6. The highest BCUT2D eigenvalue weighted by molar-refractivity contribution is 6.04. The number of nitrogens with one attached hydrogen (secondary N) is 3. The van der Waals surface area contributed by atoms with E-state index in [9.17, 15) is 43.2 Å². The molecule has 2 heterocycles. The first-order valence-electron chi connectivity index (χ1n) is 19.8. The van der Waals surface area contributed by atoms with E-state index in [4.69, 9.17) is 4.74 Å². The van der Waals surface area contributed by atoms with Crippen molar-refractivity contribution in [1.82, 2.24) is 25.3 Å². The quantitative estimate of drug-likeness (QED) is 0.138. The topological polar surface area (TPSA) is 209 Å². The average Bonchev–Trinajstić information content (AvgIpc) is 3.60. The van der Waals surface area contributed by atoms with Gasteiger partial charge in [0, 0.05) is 69.9 Å². The van der Waals surface area contributed by atoms with Crippen molar-refractivity contribution < 1.29 is 47.9 Å². The van der Waals surface area contributed by atoms with Gasteiger partial charge in [0.1, 0.15) is 18.7 Å². The van der Waals surface area contributed by atoms with Crippen molar-refractivity contribution in [3.63, 3.8) is 0 Å². The number of ether oxygens (including phenoxy) is 1. The van der Waals surface area contributed by atoms with Crippen molar-refractivity contribution in [2.45, 2.75) is 113 Å². The summed E-state index contributed by atoms with van der Waals surface area (Å²) >= 11 is 0. The zero-order valence-corrected chi connectivity index (χ0v) is 34.8. The summed E-state index contributed by atoms with van der Waals surface area (Å²) in [5, 5.41) is 8.00. The largest absolute Gasteiger partial charge is 0.461 e. The van der Waals surface area contributed by atoms with E-state index in [0.717, 1.165) is 15.4 Å². The minimum atomic E-state index is -1.03. The van der Waals surface area contributed by atoms with Crippen LogP contribution in [0.2, 0.25) is 0 Å². The lowest BCUT2D eigenvalue weighted by molar-refractivity contribution is -0.145. The van der Waals surface area contributed by atoms with Crippen molar-refractivity contribution in [3.8, 4) is 0 Å². The lowest BCUT2D eigenvalue weighted by Crippen LogP contribution is -2.53. The first-order valence-corrected chi connectivity index (χ1v) is 19.8.